The number of nitrogens with one attached hydrogen (secondary N) is 2. The Hall–Kier alpha value is -4.11. The van der Waals surface area contributed by atoms with Crippen LogP contribution in [0.5, 0.6) is 5.75 Å². The molecule has 1 aliphatic heterocycles. The molecule has 1 amide bonds. The third-order valence-corrected chi connectivity index (χ3v) is 7.57. The van der Waals surface area contributed by atoms with E-state index in [2.05, 4.69) is 62.4 Å². The van der Waals surface area contributed by atoms with Crippen LogP contribution in [0.25, 0.3) is 27.5 Å². The minimum atomic E-state index is 0.192. The number of fused-ring (bicyclic) bond motifs is 3. The van der Waals surface area contributed by atoms with Crippen molar-refractivity contribution < 1.29 is 9.53 Å². The van der Waals surface area contributed by atoms with Crippen molar-refractivity contribution in [1.82, 2.24) is 24.8 Å². The quantitative estimate of drug-likeness (QED) is 0.237. The molecular weight excluding hydrogens is 502 g/mol. The molecule has 0 unspecified atom stereocenters. The van der Waals surface area contributed by atoms with Gasteiger partial charge in [-0.2, -0.15) is 4.98 Å². The lowest BCUT2D eigenvalue weighted by Crippen LogP contribution is -2.35. The number of methoxy groups -OCH3 is 1. The lowest BCUT2D eigenvalue weighted by molar-refractivity contribution is -0.130. The molecule has 0 radical (unpaired) electrons. The predicted molar refractivity (Wildman–Crippen MR) is 163 cm³/mol. The minimum absolute atomic E-state index is 0.192. The molecule has 2 aromatic heterocycles. The van der Waals surface area contributed by atoms with Gasteiger partial charge >= 0.3 is 0 Å². The molecule has 3 heterocycles. The number of aromatic nitrogens is 3. The molecule has 0 saturated carbocycles. The summed E-state index contributed by atoms with van der Waals surface area (Å²) in [5.41, 5.74) is 12.5. The lowest BCUT2D eigenvalue weighted by Gasteiger charge is -2.27. The van der Waals surface area contributed by atoms with Crippen molar-refractivity contribution in [3.63, 3.8) is 0 Å². The molecule has 4 N–H and O–H groups in total. The van der Waals surface area contributed by atoms with Crippen molar-refractivity contribution in [2.45, 2.75) is 39.2 Å². The summed E-state index contributed by atoms with van der Waals surface area (Å²) in [5, 5.41) is 7.60. The van der Waals surface area contributed by atoms with Crippen molar-refractivity contribution in [1.29, 1.82) is 0 Å². The number of hydrogen-bond donors (Lipinski definition) is 3. The second kappa shape index (κ2) is 12.4. The molecule has 5 rings (SSSR count). The van der Waals surface area contributed by atoms with E-state index in [1.165, 1.54) is 5.57 Å². The minimum Gasteiger partial charge on any atom is -0.496 e. The van der Waals surface area contributed by atoms with Gasteiger partial charge in [0.25, 0.3) is 0 Å². The van der Waals surface area contributed by atoms with Crippen molar-refractivity contribution >= 4 is 45.2 Å². The molecule has 0 atom stereocenters. The van der Waals surface area contributed by atoms with E-state index in [0.717, 1.165) is 77.0 Å². The van der Waals surface area contributed by atoms with Gasteiger partial charge in [0.2, 0.25) is 11.9 Å². The van der Waals surface area contributed by atoms with Crippen molar-refractivity contribution in [3.05, 3.63) is 59.7 Å². The summed E-state index contributed by atoms with van der Waals surface area (Å²) in [7, 11) is 3.58. The zero-order chi connectivity index (χ0) is 28.1. The normalized spacial score (nSPS) is 13.6. The SMILES string of the molecule is CCCCNc1nc(N)nc2c3ccccc3n(Cc3cc(C4=CCN(C(=O)CCNC)CC4)ccc3OC)c12. The average Bonchev–Trinajstić information content (AvgIpc) is 3.29. The van der Waals surface area contributed by atoms with Crippen LogP contribution in [0.3, 0.4) is 0 Å². The van der Waals surface area contributed by atoms with E-state index < -0.39 is 0 Å². The number of carbonyl (C=O) groups excluding carboxylic acids is 1. The van der Waals surface area contributed by atoms with E-state index in [4.69, 9.17) is 10.5 Å². The number of ether oxygens (including phenoxy) is 1. The third-order valence-electron chi connectivity index (χ3n) is 7.57. The first-order valence-electron chi connectivity index (χ1n) is 14.1. The van der Waals surface area contributed by atoms with Gasteiger partial charge in [-0.05, 0) is 49.2 Å². The Labute approximate surface area is 235 Å². The van der Waals surface area contributed by atoms with Crippen LogP contribution in [0, 0.1) is 0 Å². The van der Waals surface area contributed by atoms with Gasteiger partial charge in [0.15, 0.2) is 5.82 Å². The first kappa shape index (κ1) is 27.5. The Morgan fingerprint density at radius 1 is 1.15 bits per heavy atom. The van der Waals surface area contributed by atoms with E-state index >= 15 is 0 Å². The second-order valence-electron chi connectivity index (χ2n) is 10.2. The summed E-state index contributed by atoms with van der Waals surface area (Å²) < 4.78 is 8.08. The van der Waals surface area contributed by atoms with Gasteiger partial charge in [0.05, 0.1) is 19.2 Å². The fraction of sp³-hybridized carbons (Fsp3) is 0.387. The third kappa shape index (κ3) is 5.60. The van der Waals surface area contributed by atoms with Crippen molar-refractivity contribution in [2.24, 2.45) is 0 Å². The summed E-state index contributed by atoms with van der Waals surface area (Å²) in [5.74, 6) is 2.03. The first-order chi connectivity index (χ1) is 19.5. The Kier molecular flexibility index (Phi) is 8.50. The van der Waals surface area contributed by atoms with Crippen LogP contribution >= 0.6 is 0 Å². The van der Waals surface area contributed by atoms with Crippen LogP contribution in [0.2, 0.25) is 0 Å². The number of nitrogens with two attached hydrogens (primary N) is 1. The number of amides is 1. The number of carbonyl (C=O) groups is 1. The smallest absolute Gasteiger partial charge is 0.224 e. The molecule has 9 heteroatoms. The molecule has 0 spiro atoms. The van der Waals surface area contributed by atoms with Gasteiger partial charge in [-0.15, -0.1) is 0 Å². The number of hydrogen-bond acceptors (Lipinski definition) is 7. The number of para-hydroxylation sites is 1. The lowest BCUT2D eigenvalue weighted by atomic mass is 9.97. The maximum absolute atomic E-state index is 12.5. The number of unbranched alkanes of at least 4 members (excludes halogenated alkanes) is 1. The fourth-order valence-electron chi connectivity index (χ4n) is 5.44. The highest BCUT2D eigenvalue weighted by Crippen LogP contribution is 2.35. The zero-order valence-corrected chi connectivity index (χ0v) is 23.7. The number of nitrogen functional groups attached to an aromatic ring is 1. The van der Waals surface area contributed by atoms with Gasteiger partial charge < -0.3 is 30.6 Å². The molecular formula is C31H39N7O2. The predicted octanol–water partition coefficient (Wildman–Crippen LogP) is 4.66. The molecule has 0 saturated heterocycles. The molecule has 40 heavy (non-hydrogen) atoms. The molecule has 4 aromatic rings. The molecule has 0 bridgehead atoms. The molecule has 0 aliphatic carbocycles. The number of benzene rings is 2. The van der Waals surface area contributed by atoms with Gasteiger partial charge in [-0.25, -0.2) is 4.98 Å². The van der Waals surface area contributed by atoms with Gasteiger partial charge in [-0.1, -0.05) is 43.7 Å². The highest BCUT2D eigenvalue weighted by Gasteiger charge is 2.21. The Morgan fingerprint density at radius 2 is 2.00 bits per heavy atom. The summed E-state index contributed by atoms with van der Waals surface area (Å²) in [6.07, 6.45) is 5.65. The van der Waals surface area contributed by atoms with E-state index in [1.807, 2.05) is 30.1 Å². The Bertz CT molecular complexity index is 1540. The molecule has 2 aromatic carbocycles. The molecule has 1 aliphatic rings. The number of anilines is 2. The van der Waals surface area contributed by atoms with Crippen LogP contribution in [0.1, 0.15) is 43.7 Å². The van der Waals surface area contributed by atoms with Crippen molar-refractivity contribution in [2.75, 3.05) is 51.4 Å². The fourth-order valence-corrected chi connectivity index (χ4v) is 5.44. The standard InChI is InChI=1S/C31H39N7O2/c1-4-5-15-34-30-29-28(35-31(32)36-30)24-8-6-7-9-25(24)38(29)20-23-19-22(10-11-26(23)40-3)21-13-17-37(18-14-21)27(39)12-16-33-2/h6-11,13,19,33H,4-5,12,14-18,20H2,1-3H3,(H3,32,34,35,36). The Morgan fingerprint density at radius 3 is 2.75 bits per heavy atom. The second-order valence-corrected chi connectivity index (χ2v) is 10.2. The zero-order valence-electron chi connectivity index (χ0n) is 23.7. The molecule has 210 valence electrons. The van der Waals surface area contributed by atoms with E-state index in [-0.39, 0.29) is 11.9 Å². The van der Waals surface area contributed by atoms with E-state index in [9.17, 15) is 4.79 Å². The average molecular weight is 542 g/mol. The Balaban J connectivity index is 1.52. The largest absolute Gasteiger partial charge is 0.496 e. The highest BCUT2D eigenvalue weighted by atomic mass is 16.5. The van der Waals surface area contributed by atoms with Crippen LogP contribution in [0.15, 0.2) is 48.5 Å². The van der Waals surface area contributed by atoms with Crippen LogP contribution in [0.4, 0.5) is 11.8 Å². The van der Waals surface area contributed by atoms with E-state index in [0.29, 0.717) is 26.1 Å². The van der Waals surface area contributed by atoms with Crippen LogP contribution in [-0.4, -0.2) is 65.7 Å². The summed E-state index contributed by atoms with van der Waals surface area (Å²) in [6, 6.07) is 14.6. The highest BCUT2D eigenvalue weighted by molar-refractivity contribution is 6.09. The van der Waals surface area contributed by atoms with Gasteiger partial charge in [0, 0.05) is 43.5 Å². The van der Waals surface area contributed by atoms with Gasteiger partial charge in [-0.3, -0.25) is 4.79 Å². The maximum atomic E-state index is 12.5. The van der Waals surface area contributed by atoms with Crippen molar-refractivity contribution in [3.8, 4) is 5.75 Å². The first-order valence-corrected chi connectivity index (χ1v) is 14.1. The monoisotopic (exact) mass is 541 g/mol. The van der Waals surface area contributed by atoms with E-state index in [1.54, 1.807) is 7.11 Å². The number of nitrogens with zero attached hydrogens (tertiary/aromatic N) is 4. The molecule has 9 nitrogen and oxygen atoms in total. The summed E-state index contributed by atoms with van der Waals surface area (Å²) in [4.78, 5) is 23.7. The summed E-state index contributed by atoms with van der Waals surface area (Å²) >= 11 is 0. The van der Waals surface area contributed by atoms with Crippen LogP contribution < -0.4 is 21.1 Å². The topological polar surface area (TPSA) is 110 Å². The van der Waals surface area contributed by atoms with Crippen LogP contribution in [-0.2, 0) is 11.3 Å². The maximum Gasteiger partial charge on any atom is 0.224 e. The molecule has 0 fully saturated rings. The van der Waals surface area contributed by atoms with Gasteiger partial charge in [0.1, 0.15) is 16.8 Å². The summed E-state index contributed by atoms with van der Waals surface area (Å²) in [6.45, 7) is 5.63. The number of rotatable bonds is 11.